The first-order valence-corrected chi connectivity index (χ1v) is 9.60. The molecule has 0 fully saturated rings. The first kappa shape index (κ1) is 26.4. The lowest BCUT2D eigenvalue weighted by Crippen LogP contribution is -2.39. The molecule has 1 amide bonds. The Morgan fingerprint density at radius 3 is 2.61 bits per heavy atom. The first-order chi connectivity index (χ1) is 13.0. The van der Waals surface area contributed by atoms with E-state index in [1.165, 1.54) is 0 Å². The molecule has 1 rings (SSSR count). The topological polar surface area (TPSA) is 60.0 Å². The number of nitrogens with one attached hydrogen (secondary N) is 2. The molecular weight excluding hydrogens is 465 g/mol. The fraction of sp³-hybridized carbons (Fsp3) is 0.524. The van der Waals surface area contributed by atoms with Crippen LogP contribution < -0.4 is 10.6 Å². The van der Waals surface area contributed by atoms with Gasteiger partial charge >= 0.3 is 0 Å². The van der Waals surface area contributed by atoms with Crippen molar-refractivity contribution in [3.8, 4) is 0 Å². The van der Waals surface area contributed by atoms with Gasteiger partial charge in [-0.2, -0.15) is 0 Å². The van der Waals surface area contributed by atoms with Gasteiger partial charge < -0.3 is 20.4 Å². The van der Waals surface area contributed by atoms with Crippen molar-refractivity contribution in [1.29, 1.82) is 0 Å². The number of unbranched alkanes of at least 4 members (excludes halogenated alkanes) is 1. The zero-order valence-electron chi connectivity index (χ0n) is 17.7. The van der Waals surface area contributed by atoms with E-state index in [1.807, 2.05) is 56.4 Å². The molecule has 2 N–H and O–H groups in total. The van der Waals surface area contributed by atoms with Crippen LogP contribution in [0.1, 0.15) is 35.7 Å². The molecular formula is C21H36IN5O. The van der Waals surface area contributed by atoms with Crippen molar-refractivity contribution < 1.29 is 4.79 Å². The van der Waals surface area contributed by atoms with E-state index in [2.05, 4.69) is 29.0 Å². The molecule has 0 heterocycles. The maximum absolute atomic E-state index is 12.3. The Morgan fingerprint density at radius 2 is 1.96 bits per heavy atom. The van der Waals surface area contributed by atoms with Crippen molar-refractivity contribution in [1.82, 2.24) is 20.4 Å². The fourth-order valence-corrected chi connectivity index (χ4v) is 2.52. The van der Waals surface area contributed by atoms with Crippen LogP contribution in [0.2, 0.25) is 0 Å². The molecule has 0 aliphatic carbocycles. The van der Waals surface area contributed by atoms with Gasteiger partial charge in [-0.15, -0.1) is 30.6 Å². The summed E-state index contributed by atoms with van der Waals surface area (Å²) in [6.45, 7) is 9.55. The predicted molar refractivity (Wildman–Crippen MR) is 130 cm³/mol. The van der Waals surface area contributed by atoms with E-state index >= 15 is 0 Å². The summed E-state index contributed by atoms with van der Waals surface area (Å²) < 4.78 is 0. The van der Waals surface area contributed by atoms with Gasteiger partial charge in [0.15, 0.2) is 5.96 Å². The van der Waals surface area contributed by atoms with E-state index < -0.39 is 0 Å². The predicted octanol–water partition coefficient (Wildman–Crippen LogP) is 2.96. The van der Waals surface area contributed by atoms with E-state index in [-0.39, 0.29) is 29.9 Å². The summed E-state index contributed by atoms with van der Waals surface area (Å²) in [5.41, 5.74) is 1.69. The summed E-state index contributed by atoms with van der Waals surface area (Å²) in [5, 5.41) is 6.27. The number of rotatable bonds is 11. The summed E-state index contributed by atoms with van der Waals surface area (Å²) in [6.07, 6.45) is 3.98. The van der Waals surface area contributed by atoms with Gasteiger partial charge in [-0.1, -0.05) is 18.2 Å². The molecule has 1 aromatic carbocycles. The molecule has 0 saturated carbocycles. The minimum absolute atomic E-state index is 0. The standard InChI is InChI=1S/C21H35N5O.HI/c1-6-8-9-14-26(5)21(22-7-2)24-17-18-11-10-12-19(16-18)20(27)23-13-15-25(3)4;/h6,10-12,16H,1,7-9,13-15,17H2,2-5H3,(H,22,24)(H,23,27);1H. The third-order valence-electron chi connectivity index (χ3n) is 4.04. The number of carbonyl (C=O) groups is 1. The lowest BCUT2D eigenvalue weighted by Gasteiger charge is -2.21. The number of hydrogen-bond donors (Lipinski definition) is 2. The van der Waals surface area contributed by atoms with Crippen LogP contribution in [0.15, 0.2) is 41.9 Å². The normalized spacial score (nSPS) is 11.0. The smallest absolute Gasteiger partial charge is 0.251 e. The van der Waals surface area contributed by atoms with Crippen LogP contribution in [0.5, 0.6) is 0 Å². The van der Waals surface area contributed by atoms with Crippen LogP contribution in [0.4, 0.5) is 0 Å². The van der Waals surface area contributed by atoms with Crippen LogP contribution in [0.3, 0.4) is 0 Å². The first-order valence-electron chi connectivity index (χ1n) is 9.60. The summed E-state index contributed by atoms with van der Waals surface area (Å²) >= 11 is 0. The number of amides is 1. The number of halogens is 1. The highest BCUT2D eigenvalue weighted by Gasteiger charge is 2.07. The number of likely N-dealkylation sites (N-methyl/N-ethyl adjacent to an activating group) is 1. The van der Waals surface area contributed by atoms with Gasteiger partial charge in [-0.05, 0) is 51.6 Å². The molecule has 158 valence electrons. The van der Waals surface area contributed by atoms with Crippen LogP contribution in [0, 0.1) is 0 Å². The molecule has 28 heavy (non-hydrogen) atoms. The number of carbonyl (C=O) groups excluding carboxylic acids is 1. The quantitative estimate of drug-likeness (QED) is 0.161. The molecule has 0 unspecified atom stereocenters. The third kappa shape index (κ3) is 10.7. The van der Waals surface area contributed by atoms with E-state index in [0.29, 0.717) is 18.7 Å². The Balaban J connectivity index is 0.00000729. The molecule has 6 nitrogen and oxygen atoms in total. The lowest BCUT2D eigenvalue weighted by atomic mass is 10.1. The average molecular weight is 501 g/mol. The molecule has 7 heteroatoms. The van der Waals surface area contributed by atoms with Crippen LogP contribution in [0.25, 0.3) is 0 Å². The van der Waals surface area contributed by atoms with Crippen molar-refractivity contribution >= 4 is 35.8 Å². The Morgan fingerprint density at radius 1 is 1.21 bits per heavy atom. The number of aliphatic imine (C=N–C) groups is 1. The highest BCUT2D eigenvalue weighted by molar-refractivity contribution is 14.0. The van der Waals surface area contributed by atoms with Crippen molar-refractivity contribution in [2.75, 3.05) is 47.3 Å². The minimum Gasteiger partial charge on any atom is -0.357 e. The molecule has 1 aromatic rings. The van der Waals surface area contributed by atoms with E-state index in [1.54, 1.807) is 0 Å². The highest BCUT2D eigenvalue weighted by Crippen LogP contribution is 2.07. The number of guanidine groups is 1. The Bertz CT molecular complexity index is 619. The van der Waals surface area contributed by atoms with Crippen molar-refractivity contribution in [2.45, 2.75) is 26.3 Å². The zero-order valence-corrected chi connectivity index (χ0v) is 20.0. The van der Waals surface area contributed by atoms with Gasteiger partial charge in [0.25, 0.3) is 5.91 Å². The molecule has 0 spiro atoms. The number of benzene rings is 1. The van der Waals surface area contributed by atoms with Gasteiger partial charge in [0.2, 0.25) is 0 Å². The van der Waals surface area contributed by atoms with Crippen LogP contribution >= 0.6 is 24.0 Å². The number of allylic oxidation sites excluding steroid dienone is 1. The van der Waals surface area contributed by atoms with E-state index in [0.717, 1.165) is 44.0 Å². The van der Waals surface area contributed by atoms with Gasteiger partial charge in [0.1, 0.15) is 0 Å². The molecule has 0 radical (unpaired) electrons. The van der Waals surface area contributed by atoms with Gasteiger partial charge in [0, 0.05) is 38.8 Å². The average Bonchev–Trinajstić information content (AvgIpc) is 2.65. The van der Waals surface area contributed by atoms with Crippen molar-refractivity contribution in [3.05, 3.63) is 48.0 Å². The summed E-state index contributed by atoms with van der Waals surface area (Å²) in [6, 6.07) is 7.66. The van der Waals surface area contributed by atoms with E-state index in [9.17, 15) is 4.79 Å². The second-order valence-corrected chi connectivity index (χ2v) is 6.78. The second kappa shape index (κ2) is 15.3. The van der Waals surface area contributed by atoms with Crippen molar-refractivity contribution in [3.63, 3.8) is 0 Å². The Kier molecular flexibility index (Phi) is 14.4. The highest BCUT2D eigenvalue weighted by atomic mass is 127. The minimum atomic E-state index is -0.0453. The number of nitrogens with zero attached hydrogens (tertiary/aromatic N) is 3. The fourth-order valence-electron chi connectivity index (χ4n) is 2.52. The SMILES string of the molecule is C=CCCCN(C)C(=NCc1cccc(C(=O)NCCN(C)C)c1)NCC.I. The lowest BCUT2D eigenvalue weighted by molar-refractivity contribution is 0.0951. The number of hydrogen-bond acceptors (Lipinski definition) is 3. The molecule has 0 saturated heterocycles. The largest absolute Gasteiger partial charge is 0.357 e. The van der Waals surface area contributed by atoms with Gasteiger partial charge in [-0.3, -0.25) is 4.79 Å². The monoisotopic (exact) mass is 501 g/mol. The molecule has 0 bridgehead atoms. The molecule has 0 aliphatic heterocycles. The molecule has 0 aromatic heterocycles. The molecule has 0 aliphatic rings. The van der Waals surface area contributed by atoms with Crippen LogP contribution in [-0.4, -0.2) is 69.0 Å². The maximum Gasteiger partial charge on any atom is 0.251 e. The van der Waals surface area contributed by atoms with Gasteiger partial charge in [-0.25, -0.2) is 4.99 Å². The third-order valence-corrected chi connectivity index (χ3v) is 4.04. The van der Waals surface area contributed by atoms with E-state index in [4.69, 9.17) is 4.99 Å². The Labute approximate surface area is 187 Å². The summed E-state index contributed by atoms with van der Waals surface area (Å²) in [4.78, 5) is 21.2. The van der Waals surface area contributed by atoms with Gasteiger partial charge in [0.05, 0.1) is 6.54 Å². The van der Waals surface area contributed by atoms with Crippen molar-refractivity contribution in [2.24, 2.45) is 4.99 Å². The Hall–Kier alpha value is -1.61. The maximum atomic E-state index is 12.3. The second-order valence-electron chi connectivity index (χ2n) is 6.78. The molecule has 0 atom stereocenters. The summed E-state index contributed by atoms with van der Waals surface area (Å²) in [5.74, 6) is 0.832. The summed E-state index contributed by atoms with van der Waals surface area (Å²) in [7, 11) is 6.02. The van der Waals surface area contributed by atoms with Crippen LogP contribution in [-0.2, 0) is 6.54 Å². The zero-order chi connectivity index (χ0) is 20.1.